The van der Waals surface area contributed by atoms with Gasteiger partial charge in [0.2, 0.25) is 5.78 Å². The van der Waals surface area contributed by atoms with E-state index in [9.17, 15) is 4.79 Å². The smallest absolute Gasteiger partial charge is 0.223 e. The van der Waals surface area contributed by atoms with Crippen molar-refractivity contribution in [3.05, 3.63) is 53.5 Å². The van der Waals surface area contributed by atoms with Crippen molar-refractivity contribution < 1.29 is 18.7 Å². The van der Waals surface area contributed by atoms with Gasteiger partial charge < -0.3 is 19.2 Å². The van der Waals surface area contributed by atoms with Gasteiger partial charge in [0.25, 0.3) is 0 Å². The summed E-state index contributed by atoms with van der Waals surface area (Å²) < 4.78 is 15.8. The molecular weight excluding hydrogens is 282 g/mol. The summed E-state index contributed by atoms with van der Waals surface area (Å²) in [5, 5.41) is 3.26. The fourth-order valence-corrected chi connectivity index (χ4v) is 2.56. The molecule has 1 aromatic heterocycles. The number of fused-ring (bicyclic) bond motifs is 1. The van der Waals surface area contributed by atoms with Gasteiger partial charge in [-0.15, -0.1) is 0 Å². The first-order valence-electron chi connectivity index (χ1n) is 7.01. The lowest BCUT2D eigenvalue weighted by molar-refractivity contribution is 0.102. The zero-order valence-corrected chi connectivity index (χ0v) is 12.5. The van der Waals surface area contributed by atoms with Gasteiger partial charge in [-0.05, 0) is 36.2 Å². The summed E-state index contributed by atoms with van der Waals surface area (Å²) in [5.74, 6) is 1.48. The highest BCUT2D eigenvalue weighted by Crippen LogP contribution is 2.34. The van der Waals surface area contributed by atoms with Crippen molar-refractivity contribution in [2.45, 2.75) is 6.42 Å². The lowest BCUT2D eigenvalue weighted by Gasteiger charge is -2.22. The molecule has 5 heteroatoms. The summed E-state index contributed by atoms with van der Waals surface area (Å²) in [4.78, 5) is 12.2. The molecule has 2 aromatic rings. The van der Waals surface area contributed by atoms with Crippen molar-refractivity contribution in [2.24, 2.45) is 0 Å². The van der Waals surface area contributed by atoms with Crippen LogP contribution >= 0.6 is 0 Å². The Labute approximate surface area is 128 Å². The Balaban J connectivity index is 2.02. The molecule has 5 nitrogen and oxygen atoms in total. The van der Waals surface area contributed by atoms with E-state index in [1.807, 2.05) is 12.1 Å². The van der Waals surface area contributed by atoms with Crippen LogP contribution in [0.15, 0.2) is 41.0 Å². The highest BCUT2D eigenvalue weighted by molar-refractivity contribution is 6.06. The molecule has 0 fully saturated rings. The molecular formula is C17H17NO4. The Morgan fingerprint density at radius 2 is 2.05 bits per heavy atom. The predicted molar refractivity (Wildman–Crippen MR) is 82.3 cm³/mol. The SMILES string of the molecule is COc1cc2c(cc1OC)/C(=C/C(=O)c1ccco1)NCC2. The van der Waals surface area contributed by atoms with E-state index >= 15 is 0 Å². The van der Waals surface area contributed by atoms with Crippen molar-refractivity contribution >= 4 is 11.5 Å². The number of hydrogen-bond donors (Lipinski definition) is 1. The molecule has 0 saturated carbocycles. The Morgan fingerprint density at radius 1 is 1.27 bits per heavy atom. The Kier molecular flexibility index (Phi) is 3.87. The molecule has 1 N–H and O–H groups in total. The van der Waals surface area contributed by atoms with Crippen molar-refractivity contribution in [1.29, 1.82) is 0 Å². The molecule has 0 aliphatic carbocycles. The number of ketones is 1. The van der Waals surface area contributed by atoms with Crippen LogP contribution in [0, 0.1) is 0 Å². The van der Waals surface area contributed by atoms with Crippen LogP contribution < -0.4 is 14.8 Å². The van der Waals surface area contributed by atoms with Crippen LogP contribution in [-0.4, -0.2) is 26.5 Å². The molecule has 3 rings (SSSR count). The Bertz CT molecular complexity index is 717. The van der Waals surface area contributed by atoms with E-state index in [4.69, 9.17) is 13.9 Å². The van der Waals surface area contributed by atoms with Crippen LogP contribution in [0.4, 0.5) is 0 Å². The maximum absolute atomic E-state index is 12.2. The molecule has 0 radical (unpaired) electrons. The molecule has 1 aromatic carbocycles. The molecule has 1 aliphatic rings. The van der Waals surface area contributed by atoms with E-state index in [2.05, 4.69) is 5.32 Å². The van der Waals surface area contributed by atoms with E-state index in [0.29, 0.717) is 17.3 Å². The lowest BCUT2D eigenvalue weighted by atomic mass is 9.96. The summed E-state index contributed by atoms with van der Waals surface area (Å²) in [6.45, 7) is 0.764. The number of nitrogens with one attached hydrogen (secondary N) is 1. The number of furan rings is 1. The monoisotopic (exact) mass is 299 g/mol. The first-order chi connectivity index (χ1) is 10.7. The maximum atomic E-state index is 12.2. The highest BCUT2D eigenvalue weighted by atomic mass is 16.5. The van der Waals surface area contributed by atoms with Crippen LogP contribution in [0.3, 0.4) is 0 Å². The minimum absolute atomic E-state index is 0.171. The van der Waals surface area contributed by atoms with Gasteiger partial charge >= 0.3 is 0 Å². The van der Waals surface area contributed by atoms with E-state index in [-0.39, 0.29) is 5.78 Å². The largest absolute Gasteiger partial charge is 0.493 e. The first kappa shape index (κ1) is 14.3. The van der Waals surface area contributed by atoms with Gasteiger partial charge in [0, 0.05) is 23.9 Å². The molecule has 22 heavy (non-hydrogen) atoms. The van der Waals surface area contributed by atoms with Crippen LogP contribution in [0.1, 0.15) is 21.7 Å². The molecule has 0 bridgehead atoms. The van der Waals surface area contributed by atoms with Crippen molar-refractivity contribution in [1.82, 2.24) is 5.32 Å². The minimum Gasteiger partial charge on any atom is -0.493 e. The van der Waals surface area contributed by atoms with Gasteiger partial charge in [-0.1, -0.05) is 0 Å². The molecule has 0 saturated heterocycles. The van der Waals surface area contributed by atoms with Gasteiger partial charge in [0.1, 0.15) is 0 Å². The predicted octanol–water partition coefficient (Wildman–Crippen LogP) is 2.67. The van der Waals surface area contributed by atoms with E-state index in [1.54, 1.807) is 32.4 Å². The molecule has 0 unspecified atom stereocenters. The van der Waals surface area contributed by atoms with E-state index < -0.39 is 0 Å². The highest BCUT2D eigenvalue weighted by Gasteiger charge is 2.19. The molecule has 0 atom stereocenters. The standard InChI is InChI=1S/C17H17NO4/c1-20-16-8-11-5-6-18-13(12(11)9-17(16)21-2)10-14(19)15-4-3-7-22-15/h3-4,7-10,18H,5-6H2,1-2H3/b13-10-. The average molecular weight is 299 g/mol. The van der Waals surface area contributed by atoms with Gasteiger partial charge in [-0.25, -0.2) is 0 Å². The second-order valence-electron chi connectivity index (χ2n) is 4.94. The lowest BCUT2D eigenvalue weighted by Crippen LogP contribution is -2.23. The topological polar surface area (TPSA) is 60.7 Å². The van der Waals surface area contributed by atoms with Crippen LogP contribution in [0.5, 0.6) is 11.5 Å². The van der Waals surface area contributed by atoms with Gasteiger partial charge in [0.05, 0.1) is 20.5 Å². The maximum Gasteiger partial charge on any atom is 0.223 e. The zero-order valence-electron chi connectivity index (χ0n) is 12.5. The Morgan fingerprint density at radius 3 is 2.73 bits per heavy atom. The van der Waals surface area contributed by atoms with Crippen molar-refractivity contribution in [3.63, 3.8) is 0 Å². The van der Waals surface area contributed by atoms with Gasteiger partial charge in [-0.2, -0.15) is 0 Å². The fraction of sp³-hybridized carbons (Fsp3) is 0.235. The summed E-state index contributed by atoms with van der Waals surface area (Å²) in [5.41, 5.74) is 2.84. The van der Waals surface area contributed by atoms with E-state index in [1.165, 1.54) is 6.26 Å². The van der Waals surface area contributed by atoms with Crippen molar-refractivity contribution in [3.8, 4) is 11.5 Å². The normalized spacial score (nSPS) is 15.1. The molecule has 0 spiro atoms. The number of hydrogen-bond acceptors (Lipinski definition) is 5. The van der Waals surface area contributed by atoms with E-state index in [0.717, 1.165) is 29.8 Å². The van der Waals surface area contributed by atoms with Crippen LogP contribution in [0.25, 0.3) is 5.70 Å². The first-order valence-corrected chi connectivity index (χ1v) is 7.01. The quantitative estimate of drug-likeness (QED) is 0.694. The Hall–Kier alpha value is -2.69. The number of rotatable bonds is 4. The summed E-state index contributed by atoms with van der Waals surface area (Å²) in [6, 6.07) is 7.20. The number of carbonyl (C=O) groups is 1. The summed E-state index contributed by atoms with van der Waals surface area (Å²) in [7, 11) is 3.21. The third-order valence-electron chi connectivity index (χ3n) is 3.65. The number of carbonyl (C=O) groups excluding carboxylic acids is 1. The third-order valence-corrected chi connectivity index (χ3v) is 3.65. The zero-order chi connectivity index (χ0) is 15.5. The van der Waals surface area contributed by atoms with Gasteiger partial charge in [0.15, 0.2) is 17.3 Å². The second-order valence-corrected chi connectivity index (χ2v) is 4.94. The number of allylic oxidation sites excluding steroid dienone is 1. The summed E-state index contributed by atoms with van der Waals surface area (Å²) in [6.07, 6.45) is 3.91. The second kappa shape index (κ2) is 5.97. The number of benzene rings is 1. The minimum atomic E-state index is -0.171. The molecule has 1 aliphatic heterocycles. The number of methoxy groups -OCH3 is 2. The molecule has 2 heterocycles. The van der Waals surface area contributed by atoms with Crippen molar-refractivity contribution in [2.75, 3.05) is 20.8 Å². The van der Waals surface area contributed by atoms with Crippen LogP contribution in [-0.2, 0) is 6.42 Å². The van der Waals surface area contributed by atoms with Crippen LogP contribution in [0.2, 0.25) is 0 Å². The number of ether oxygens (including phenoxy) is 2. The molecule has 114 valence electrons. The fourth-order valence-electron chi connectivity index (χ4n) is 2.56. The van der Waals surface area contributed by atoms with Gasteiger partial charge in [-0.3, -0.25) is 4.79 Å². The average Bonchev–Trinajstić information content (AvgIpc) is 3.08. The third kappa shape index (κ3) is 2.57. The molecule has 0 amide bonds. The summed E-state index contributed by atoms with van der Waals surface area (Å²) >= 11 is 0.